The molecule has 0 spiro atoms. The van der Waals surface area contributed by atoms with Crippen LogP contribution in [0, 0.1) is 0 Å². The number of hydrogen-bond acceptors (Lipinski definition) is 6. The molecule has 3 fully saturated rings. The molecule has 0 amide bonds. The molecule has 0 aromatic rings. The van der Waals surface area contributed by atoms with Crippen molar-refractivity contribution in [2.75, 3.05) is 99.7 Å². The molecule has 3 saturated heterocycles. The van der Waals surface area contributed by atoms with Crippen molar-refractivity contribution in [1.29, 1.82) is 0 Å². The van der Waals surface area contributed by atoms with Gasteiger partial charge in [0.15, 0.2) is 0 Å². The van der Waals surface area contributed by atoms with E-state index < -0.39 is 16.6 Å². The third kappa shape index (κ3) is 4.97. The molecule has 3 aliphatic heterocycles. The van der Waals surface area contributed by atoms with Crippen molar-refractivity contribution in [3.63, 3.8) is 0 Å². The Kier molecular flexibility index (Phi) is 7.58. The minimum absolute atomic E-state index is 1.21. The summed E-state index contributed by atoms with van der Waals surface area (Å²) < 4.78 is 9.01. The third-order valence-electron chi connectivity index (χ3n) is 7.27. The molecule has 0 aromatic carbocycles. The number of rotatable bonds is 6. The molecule has 0 unspecified atom stereocenters. The van der Waals surface area contributed by atoms with Crippen LogP contribution in [0.15, 0.2) is 12.3 Å². The highest BCUT2D eigenvalue weighted by molar-refractivity contribution is 6.95. The molecule has 0 saturated carbocycles. The van der Waals surface area contributed by atoms with Gasteiger partial charge in [0.1, 0.15) is 0 Å². The summed E-state index contributed by atoms with van der Waals surface area (Å²) in [5, 5.41) is 0. The molecular weight excluding hydrogens is 380 g/mol. The molecule has 6 nitrogen and oxygen atoms in total. The summed E-state index contributed by atoms with van der Waals surface area (Å²) in [6.45, 7) is 24.1. The van der Waals surface area contributed by atoms with Crippen LogP contribution >= 0.6 is 0 Å². The van der Waals surface area contributed by atoms with Crippen LogP contribution < -0.4 is 0 Å². The SMILES string of the molecule is C=C[Si](C)(C)C[Si](N1CCN(C)CC1)(N1CCN(C)CC1)N1CCN(C)CC1. The summed E-state index contributed by atoms with van der Waals surface area (Å²) in [6.07, 6.45) is 0. The molecule has 0 N–H and O–H groups in total. The van der Waals surface area contributed by atoms with E-state index in [1.807, 2.05) is 0 Å². The van der Waals surface area contributed by atoms with E-state index in [0.717, 1.165) is 0 Å². The molecule has 0 aromatic heterocycles. The lowest BCUT2D eigenvalue weighted by Gasteiger charge is -2.59. The quantitative estimate of drug-likeness (QED) is 0.579. The fourth-order valence-corrected chi connectivity index (χ4v) is 17.2. The Hall–Kier alpha value is -0.0662. The Bertz CT molecular complexity index is 452. The van der Waals surface area contributed by atoms with Crippen molar-refractivity contribution < 1.29 is 0 Å². The van der Waals surface area contributed by atoms with E-state index in [9.17, 15) is 0 Å². The van der Waals surface area contributed by atoms with Gasteiger partial charge in [-0.05, 0) is 26.8 Å². The average Bonchev–Trinajstić information content (AvgIpc) is 2.68. The second-order valence-electron chi connectivity index (χ2n) is 10.0. The van der Waals surface area contributed by atoms with Gasteiger partial charge >= 0.3 is 0 Å². The molecule has 3 heterocycles. The van der Waals surface area contributed by atoms with Crippen LogP contribution in [0.4, 0.5) is 0 Å². The molecule has 0 bridgehead atoms. The fraction of sp³-hybridized carbons (Fsp3) is 0.900. The Morgan fingerprint density at radius 3 is 1.14 bits per heavy atom. The largest absolute Gasteiger partial charge is 0.304 e. The predicted molar refractivity (Wildman–Crippen MR) is 125 cm³/mol. The normalized spacial score (nSPS) is 26.6. The number of likely N-dealkylation sites (N-methyl/N-ethyl adjacent to an activating group) is 3. The van der Waals surface area contributed by atoms with Crippen LogP contribution in [0.2, 0.25) is 18.8 Å². The van der Waals surface area contributed by atoms with Gasteiger partial charge in [0.25, 0.3) is 8.56 Å². The summed E-state index contributed by atoms with van der Waals surface area (Å²) in [5.41, 5.74) is 3.76. The van der Waals surface area contributed by atoms with E-state index in [1.54, 1.807) is 0 Å². The zero-order chi connectivity index (χ0) is 20.4. The zero-order valence-electron chi connectivity index (χ0n) is 19.2. The van der Waals surface area contributed by atoms with E-state index in [-0.39, 0.29) is 0 Å². The monoisotopic (exact) mass is 424 g/mol. The Balaban J connectivity index is 1.97. The van der Waals surface area contributed by atoms with Gasteiger partial charge in [-0.15, -0.1) is 12.3 Å². The molecule has 0 atom stereocenters. The van der Waals surface area contributed by atoms with Gasteiger partial charge in [-0.2, -0.15) is 0 Å². The molecule has 28 heavy (non-hydrogen) atoms. The number of hydrogen-bond donors (Lipinski definition) is 0. The molecule has 162 valence electrons. The lowest BCUT2D eigenvalue weighted by molar-refractivity contribution is 0.123. The van der Waals surface area contributed by atoms with Crippen molar-refractivity contribution >= 4 is 16.6 Å². The minimum atomic E-state index is -1.93. The minimum Gasteiger partial charge on any atom is -0.304 e. The first-order valence-electron chi connectivity index (χ1n) is 11.2. The van der Waals surface area contributed by atoms with Gasteiger partial charge in [-0.25, -0.2) is 0 Å². The summed E-state index contributed by atoms with van der Waals surface area (Å²) in [4.78, 5) is 7.54. The maximum Gasteiger partial charge on any atom is 0.287 e. The fourth-order valence-electron chi connectivity index (χ4n) is 5.11. The topological polar surface area (TPSA) is 19.4 Å². The second kappa shape index (κ2) is 9.38. The van der Waals surface area contributed by atoms with E-state index >= 15 is 0 Å². The second-order valence-corrected chi connectivity index (χ2v) is 19.3. The Morgan fingerprint density at radius 2 is 0.893 bits per heavy atom. The van der Waals surface area contributed by atoms with E-state index in [0.29, 0.717) is 0 Å². The van der Waals surface area contributed by atoms with Crippen LogP contribution in [0.25, 0.3) is 0 Å². The van der Waals surface area contributed by atoms with Crippen molar-refractivity contribution in [1.82, 2.24) is 28.4 Å². The highest BCUT2D eigenvalue weighted by atomic mass is 28.4. The molecular formula is C20H44N6Si2. The van der Waals surface area contributed by atoms with Gasteiger partial charge < -0.3 is 14.7 Å². The number of piperazine rings is 3. The van der Waals surface area contributed by atoms with Crippen molar-refractivity contribution in [3.05, 3.63) is 12.3 Å². The first-order chi connectivity index (χ1) is 13.3. The lowest BCUT2D eigenvalue weighted by Crippen LogP contribution is -2.81. The lowest BCUT2D eigenvalue weighted by atomic mass is 10.4. The van der Waals surface area contributed by atoms with Gasteiger partial charge in [0, 0.05) is 78.5 Å². The average molecular weight is 425 g/mol. The van der Waals surface area contributed by atoms with E-state index in [1.165, 1.54) is 84.2 Å². The van der Waals surface area contributed by atoms with Crippen molar-refractivity contribution in [3.8, 4) is 0 Å². The van der Waals surface area contributed by atoms with Gasteiger partial charge in [-0.1, -0.05) is 13.1 Å². The van der Waals surface area contributed by atoms with Crippen LogP contribution in [-0.2, 0) is 0 Å². The highest BCUT2D eigenvalue weighted by Gasteiger charge is 2.54. The number of nitrogens with zero attached hydrogens (tertiary/aromatic N) is 6. The first kappa shape index (κ1) is 22.6. The van der Waals surface area contributed by atoms with Crippen LogP contribution in [-0.4, -0.2) is 145 Å². The third-order valence-corrected chi connectivity index (χ3v) is 18.3. The van der Waals surface area contributed by atoms with E-state index in [4.69, 9.17) is 0 Å². The Morgan fingerprint density at radius 1 is 0.607 bits per heavy atom. The smallest absolute Gasteiger partial charge is 0.287 e. The highest BCUT2D eigenvalue weighted by Crippen LogP contribution is 2.33. The Labute approximate surface area is 176 Å². The summed E-state index contributed by atoms with van der Waals surface area (Å²) in [7, 11) is 3.48. The van der Waals surface area contributed by atoms with E-state index in [2.05, 4.69) is 74.9 Å². The summed E-state index contributed by atoms with van der Waals surface area (Å²) in [6, 6.07) is 0. The van der Waals surface area contributed by atoms with Crippen molar-refractivity contribution in [2.45, 2.75) is 18.8 Å². The van der Waals surface area contributed by atoms with Crippen molar-refractivity contribution in [2.24, 2.45) is 0 Å². The predicted octanol–water partition coefficient (Wildman–Crippen LogP) is 0.640. The molecule has 3 aliphatic rings. The molecule has 0 radical (unpaired) electrons. The summed E-state index contributed by atoms with van der Waals surface area (Å²) >= 11 is 0. The maximum absolute atomic E-state index is 4.29. The molecule has 3 rings (SSSR count). The van der Waals surface area contributed by atoms with Gasteiger partial charge in [-0.3, -0.25) is 13.7 Å². The van der Waals surface area contributed by atoms with Gasteiger partial charge in [0.05, 0.1) is 8.07 Å². The maximum atomic E-state index is 4.29. The summed E-state index contributed by atoms with van der Waals surface area (Å²) in [5.74, 6) is 0. The van der Waals surface area contributed by atoms with Crippen LogP contribution in [0.3, 0.4) is 0 Å². The van der Waals surface area contributed by atoms with Crippen LogP contribution in [0.1, 0.15) is 0 Å². The first-order valence-corrected chi connectivity index (χ1v) is 16.5. The standard InChI is InChI=1S/C20H44N6Si2/c1-7-27(5,6)20-28(24-14-8-21(2)9-15-24,25-16-10-22(3)11-17-25)26-18-12-23(4)13-19-26/h7H,1,8-20H2,2-6H3. The van der Waals surface area contributed by atoms with Crippen LogP contribution in [0.5, 0.6) is 0 Å². The molecule has 8 heteroatoms. The van der Waals surface area contributed by atoms with Gasteiger partial charge in [0.2, 0.25) is 0 Å². The molecule has 0 aliphatic carbocycles. The zero-order valence-corrected chi connectivity index (χ0v) is 21.2.